The van der Waals surface area contributed by atoms with Crippen molar-refractivity contribution in [2.45, 2.75) is 55.9 Å². The van der Waals surface area contributed by atoms with Gasteiger partial charge in [0.1, 0.15) is 5.60 Å². The molecule has 0 spiro atoms. The molecule has 1 aliphatic heterocycles. The Morgan fingerprint density at radius 2 is 1.91 bits per heavy atom. The molecule has 0 amide bonds. The molecule has 0 saturated heterocycles. The average molecular weight is 326 g/mol. The fourth-order valence-electron chi connectivity index (χ4n) is 2.57. The smallest absolute Gasteiger partial charge is 0.338 e. The minimum atomic E-state index is -0.426. The van der Waals surface area contributed by atoms with Crippen molar-refractivity contribution in [3.63, 3.8) is 0 Å². The van der Waals surface area contributed by atoms with Gasteiger partial charge in [0.2, 0.25) is 0 Å². The summed E-state index contributed by atoms with van der Waals surface area (Å²) in [5.74, 6) is -0.241. The highest BCUT2D eigenvalue weighted by atomic mass is 32.2. The van der Waals surface area contributed by atoms with E-state index in [1.165, 1.54) is 21.6 Å². The fourth-order valence-corrected chi connectivity index (χ4v) is 3.67. The molecule has 2 aromatic rings. The van der Waals surface area contributed by atoms with Crippen molar-refractivity contribution in [3.8, 4) is 0 Å². The van der Waals surface area contributed by atoms with Crippen LogP contribution in [0, 0.1) is 6.92 Å². The Kier molecular flexibility index (Phi) is 4.24. The normalized spacial score (nSPS) is 13.2. The Balaban J connectivity index is 1.86. The van der Waals surface area contributed by atoms with Gasteiger partial charge in [-0.15, -0.1) is 0 Å². The van der Waals surface area contributed by atoms with Crippen LogP contribution in [0.3, 0.4) is 0 Å². The van der Waals surface area contributed by atoms with Crippen LogP contribution in [0.1, 0.15) is 54.2 Å². The molecular formula is C20H22O2S. The van der Waals surface area contributed by atoms with Crippen LogP contribution in [0.4, 0.5) is 0 Å². The maximum atomic E-state index is 12.4. The monoisotopic (exact) mass is 326 g/mol. The number of benzene rings is 2. The summed E-state index contributed by atoms with van der Waals surface area (Å²) in [6.07, 6.45) is 1.72. The van der Waals surface area contributed by atoms with Gasteiger partial charge in [-0.05, 0) is 62.9 Å². The molecule has 0 saturated carbocycles. The summed E-state index contributed by atoms with van der Waals surface area (Å²) in [6.45, 7) is 8.03. The molecule has 23 heavy (non-hydrogen) atoms. The van der Waals surface area contributed by atoms with Crippen molar-refractivity contribution in [1.29, 1.82) is 0 Å². The highest BCUT2D eigenvalue weighted by Crippen LogP contribution is 2.40. The predicted octanol–water partition coefficient (Wildman–Crippen LogP) is 5.40. The lowest BCUT2D eigenvalue weighted by atomic mass is 10.0. The van der Waals surface area contributed by atoms with Gasteiger partial charge in [-0.3, -0.25) is 0 Å². The van der Waals surface area contributed by atoms with Crippen LogP contribution in [0.15, 0.2) is 46.2 Å². The molecule has 0 N–H and O–H groups in total. The van der Waals surface area contributed by atoms with Gasteiger partial charge in [0, 0.05) is 9.79 Å². The molecule has 2 aromatic carbocycles. The average Bonchev–Trinajstić information content (AvgIpc) is 2.52. The van der Waals surface area contributed by atoms with E-state index in [4.69, 9.17) is 4.74 Å². The standard InChI is InChI=1S/C20H22O2S/c1-5-20(3,4)22-19(21)15-8-7-14-11-16-10-13(2)6-9-17(16)23-18(14)12-15/h6-10,12H,5,11H2,1-4H3. The first-order valence-corrected chi connectivity index (χ1v) is 8.83. The number of fused-ring (bicyclic) bond motifs is 2. The second-order valence-corrected chi connectivity index (χ2v) is 7.80. The van der Waals surface area contributed by atoms with E-state index in [1.807, 2.05) is 32.9 Å². The predicted molar refractivity (Wildman–Crippen MR) is 94.3 cm³/mol. The number of ether oxygens (including phenoxy) is 1. The largest absolute Gasteiger partial charge is 0.456 e. The minimum absolute atomic E-state index is 0.241. The van der Waals surface area contributed by atoms with Crippen LogP contribution in [0.5, 0.6) is 0 Å². The van der Waals surface area contributed by atoms with Gasteiger partial charge in [-0.2, -0.15) is 0 Å². The number of carbonyl (C=O) groups excluding carboxylic acids is 1. The molecule has 0 atom stereocenters. The molecule has 3 rings (SSSR count). The van der Waals surface area contributed by atoms with E-state index in [1.54, 1.807) is 11.8 Å². The van der Waals surface area contributed by atoms with Crippen LogP contribution in [-0.2, 0) is 11.2 Å². The van der Waals surface area contributed by atoms with E-state index in [9.17, 15) is 4.79 Å². The molecule has 0 fully saturated rings. The van der Waals surface area contributed by atoms with Gasteiger partial charge in [0.15, 0.2) is 0 Å². The first kappa shape index (κ1) is 16.1. The first-order chi connectivity index (χ1) is 10.9. The molecular weight excluding hydrogens is 304 g/mol. The summed E-state index contributed by atoms with van der Waals surface area (Å²) in [6, 6.07) is 12.5. The number of aryl methyl sites for hydroxylation is 1. The number of rotatable bonds is 3. The van der Waals surface area contributed by atoms with Gasteiger partial charge in [-0.1, -0.05) is 42.4 Å². The van der Waals surface area contributed by atoms with E-state index >= 15 is 0 Å². The van der Waals surface area contributed by atoms with Crippen LogP contribution < -0.4 is 0 Å². The van der Waals surface area contributed by atoms with Crippen molar-refractivity contribution in [1.82, 2.24) is 0 Å². The van der Waals surface area contributed by atoms with Crippen LogP contribution in [0.2, 0.25) is 0 Å². The van der Waals surface area contributed by atoms with Crippen LogP contribution >= 0.6 is 11.8 Å². The van der Waals surface area contributed by atoms with Gasteiger partial charge >= 0.3 is 5.97 Å². The third-order valence-electron chi connectivity index (χ3n) is 4.34. The molecule has 1 heterocycles. The number of hydrogen-bond acceptors (Lipinski definition) is 3. The lowest BCUT2D eigenvalue weighted by molar-refractivity contribution is -0.00246. The van der Waals surface area contributed by atoms with E-state index in [-0.39, 0.29) is 5.97 Å². The molecule has 3 heteroatoms. The Labute approximate surface area is 142 Å². The summed E-state index contributed by atoms with van der Waals surface area (Å²) in [5.41, 5.74) is 4.14. The van der Waals surface area contributed by atoms with Crippen molar-refractivity contribution >= 4 is 17.7 Å². The molecule has 0 aromatic heterocycles. The molecule has 0 radical (unpaired) electrons. The van der Waals surface area contributed by atoms with Crippen molar-refractivity contribution in [2.75, 3.05) is 0 Å². The summed E-state index contributed by atoms with van der Waals surface area (Å²) in [4.78, 5) is 14.8. The van der Waals surface area contributed by atoms with E-state index in [0.717, 1.165) is 17.7 Å². The zero-order chi connectivity index (χ0) is 16.6. The molecule has 120 valence electrons. The van der Waals surface area contributed by atoms with Crippen molar-refractivity contribution in [3.05, 3.63) is 58.7 Å². The first-order valence-electron chi connectivity index (χ1n) is 8.01. The highest BCUT2D eigenvalue weighted by Gasteiger charge is 2.23. The maximum Gasteiger partial charge on any atom is 0.338 e. The summed E-state index contributed by atoms with van der Waals surface area (Å²) in [7, 11) is 0. The minimum Gasteiger partial charge on any atom is -0.456 e. The SMILES string of the molecule is CCC(C)(C)OC(=O)c1ccc2c(c1)Sc1ccc(C)cc1C2. The van der Waals surface area contributed by atoms with Crippen molar-refractivity contribution in [2.24, 2.45) is 0 Å². The number of esters is 1. The van der Waals surface area contributed by atoms with E-state index < -0.39 is 5.60 Å². The van der Waals surface area contributed by atoms with Gasteiger partial charge in [0.25, 0.3) is 0 Å². The van der Waals surface area contributed by atoms with Crippen molar-refractivity contribution < 1.29 is 9.53 Å². The van der Waals surface area contributed by atoms with E-state index in [0.29, 0.717) is 5.56 Å². The van der Waals surface area contributed by atoms with Gasteiger partial charge in [0.05, 0.1) is 5.56 Å². The van der Waals surface area contributed by atoms with Crippen LogP contribution in [0.25, 0.3) is 0 Å². The lowest BCUT2D eigenvalue weighted by Crippen LogP contribution is -2.27. The van der Waals surface area contributed by atoms with Gasteiger partial charge in [-0.25, -0.2) is 4.79 Å². The molecule has 0 bridgehead atoms. The molecule has 0 aliphatic carbocycles. The Morgan fingerprint density at radius 1 is 1.13 bits per heavy atom. The van der Waals surface area contributed by atoms with E-state index in [2.05, 4.69) is 31.2 Å². The lowest BCUT2D eigenvalue weighted by Gasteiger charge is -2.24. The maximum absolute atomic E-state index is 12.4. The Morgan fingerprint density at radius 3 is 2.65 bits per heavy atom. The zero-order valence-corrected chi connectivity index (χ0v) is 14.9. The van der Waals surface area contributed by atoms with Crippen LogP contribution in [-0.4, -0.2) is 11.6 Å². The third-order valence-corrected chi connectivity index (χ3v) is 5.56. The molecule has 1 aliphatic rings. The summed E-state index contributed by atoms with van der Waals surface area (Å²) >= 11 is 1.74. The fraction of sp³-hybridized carbons (Fsp3) is 0.350. The quantitative estimate of drug-likeness (QED) is 0.603. The molecule has 0 unspecified atom stereocenters. The topological polar surface area (TPSA) is 26.3 Å². The number of carbonyl (C=O) groups is 1. The number of hydrogen-bond donors (Lipinski definition) is 0. The Bertz CT molecular complexity index is 762. The summed E-state index contributed by atoms with van der Waals surface area (Å²) in [5, 5.41) is 0. The third kappa shape index (κ3) is 3.45. The second-order valence-electron chi connectivity index (χ2n) is 6.72. The highest BCUT2D eigenvalue weighted by molar-refractivity contribution is 7.99. The Hall–Kier alpha value is -1.74. The summed E-state index contributed by atoms with van der Waals surface area (Å²) < 4.78 is 5.60. The second kappa shape index (κ2) is 6.04. The zero-order valence-electron chi connectivity index (χ0n) is 14.1. The van der Waals surface area contributed by atoms with Gasteiger partial charge < -0.3 is 4.74 Å². The molecule has 2 nitrogen and oxygen atoms in total.